The Hall–Kier alpha value is -2.39. The molecular weight excluding hydrogens is 416 g/mol. The summed E-state index contributed by atoms with van der Waals surface area (Å²) in [4.78, 5) is 14.1. The van der Waals surface area contributed by atoms with Gasteiger partial charge in [-0.05, 0) is 62.6 Å². The summed E-state index contributed by atoms with van der Waals surface area (Å²) in [5.74, 6) is 3.72. The topological polar surface area (TPSA) is 79.0 Å². The highest BCUT2D eigenvalue weighted by molar-refractivity contribution is 7.99. The second-order valence-corrected chi connectivity index (χ2v) is 8.83. The van der Waals surface area contributed by atoms with E-state index >= 15 is 0 Å². The van der Waals surface area contributed by atoms with E-state index in [0.717, 1.165) is 35.2 Å². The molecule has 0 fully saturated rings. The Labute approximate surface area is 186 Å². The number of hydrogen-bond acceptors (Lipinski definition) is 8. The van der Waals surface area contributed by atoms with Gasteiger partial charge in [0.1, 0.15) is 0 Å². The number of methoxy groups -OCH3 is 1. The SMILES string of the molecule is CCSc1ccc(Sc2nc(Nc3cc(C)[nH]n3)c(OC)c(N(CC)CC)n2)cc1. The second kappa shape index (κ2) is 10.6. The van der Waals surface area contributed by atoms with Crippen LogP contribution in [-0.4, -0.2) is 46.1 Å². The van der Waals surface area contributed by atoms with Crippen LogP contribution in [-0.2, 0) is 0 Å². The number of H-pyrrole nitrogens is 1. The van der Waals surface area contributed by atoms with Crippen molar-refractivity contribution in [1.82, 2.24) is 20.2 Å². The minimum atomic E-state index is 0.599. The lowest BCUT2D eigenvalue weighted by atomic mass is 10.4. The standard InChI is InChI=1S/C21H28N6OS2/c1-6-27(7-2)20-18(28-5)19(22-17-13-14(4)25-26-17)23-21(24-20)30-16-11-9-15(10-12-16)29-8-3/h9-13H,6-8H2,1-5H3,(H2,22,23,24,25,26). The maximum Gasteiger partial charge on any atom is 0.204 e. The van der Waals surface area contributed by atoms with Gasteiger partial charge in [0.25, 0.3) is 0 Å². The average Bonchev–Trinajstić information content (AvgIpc) is 3.15. The first-order valence-corrected chi connectivity index (χ1v) is 11.8. The van der Waals surface area contributed by atoms with Crippen LogP contribution >= 0.6 is 23.5 Å². The van der Waals surface area contributed by atoms with Crippen molar-refractivity contribution in [3.8, 4) is 5.75 Å². The molecule has 2 aromatic heterocycles. The summed E-state index contributed by atoms with van der Waals surface area (Å²) >= 11 is 3.36. The molecule has 0 spiro atoms. The Morgan fingerprint density at radius 2 is 1.77 bits per heavy atom. The van der Waals surface area contributed by atoms with Crippen molar-refractivity contribution in [3.63, 3.8) is 0 Å². The molecule has 3 rings (SSSR count). The molecule has 0 aliphatic heterocycles. The molecule has 1 aromatic carbocycles. The predicted octanol–water partition coefficient (Wildman–Crippen LogP) is 5.37. The molecule has 0 unspecified atom stereocenters. The smallest absolute Gasteiger partial charge is 0.204 e. The molecule has 2 heterocycles. The maximum atomic E-state index is 5.71. The molecule has 0 amide bonds. The van der Waals surface area contributed by atoms with Crippen LogP contribution < -0.4 is 15.0 Å². The van der Waals surface area contributed by atoms with E-state index in [4.69, 9.17) is 14.7 Å². The third kappa shape index (κ3) is 5.40. The second-order valence-electron chi connectivity index (χ2n) is 6.45. The van der Waals surface area contributed by atoms with E-state index < -0.39 is 0 Å². The van der Waals surface area contributed by atoms with Crippen LogP contribution in [0.4, 0.5) is 17.5 Å². The fourth-order valence-electron chi connectivity index (χ4n) is 2.95. The first-order valence-electron chi connectivity index (χ1n) is 9.98. The molecule has 7 nitrogen and oxygen atoms in total. The van der Waals surface area contributed by atoms with Crippen LogP contribution in [0, 0.1) is 6.92 Å². The lowest BCUT2D eigenvalue weighted by molar-refractivity contribution is 0.411. The summed E-state index contributed by atoms with van der Waals surface area (Å²) in [7, 11) is 1.64. The molecule has 0 bridgehead atoms. The van der Waals surface area contributed by atoms with Crippen LogP contribution in [0.15, 0.2) is 45.3 Å². The number of ether oxygens (including phenoxy) is 1. The molecular formula is C21H28N6OS2. The van der Waals surface area contributed by atoms with Crippen molar-refractivity contribution in [3.05, 3.63) is 36.0 Å². The monoisotopic (exact) mass is 444 g/mol. The summed E-state index contributed by atoms with van der Waals surface area (Å²) < 4.78 is 5.71. The number of nitrogens with zero attached hydrogens (tertiary/aromatic N) is 4. The molecule has 0 atom stereocenters. The Morgan fingerprint density at radius 3 is 2.33 bits per heavy atom. The molecule has 3 aromatic rings. The van der Waals surface area contributed by atoms with Gasteiger partial charge in [0, 0.05) is 34.6 Å². The zero-order valence-corrected chi connectivity index (χ0v) is 19.7. The maximum absolute atomic E-state index is 5.71. The molecule has 0 aliphatic rings. The summed E-state index contributed by atoms with van der Waals surface area (Å²) in [6, 6.07) is 10.4. The number of aromatic nitrogens is 4. The number of rotatable bonds is 10. The van der Waals surface area contributed by atoms with Crippen LogP contribution in [0.1, 0.15) is 26.5 Å². The van der Waals surface area contributed by atoms with Crippen molar-refractivity contribution >= 4 is 41.0 Å². The lowest BCUT2D eigenvalue weighted by Gasteiger charge is -2.23. The van der Waals surface area contributed by atoms with Crippen LogP contribution in [0.5, 0.6) is 5.75 Å². The predicted molar refractivity (Wildman–Crippen MR) is 126 cm³/mol. The summed E-state index contributed by atoms with van der Waals surface area (Å²) in [5, 5.41) is 11.1. The third-order valence-corrected chi connectivity index (χ3v) is 6.16. The molecule has 0 saturated heterocycles. The van der Waals surface area contributed by atoms with Crippen molar-refractivity contribution in [2.75, 3.05) is 36.2 Å². The van der Waals surface area contributed by atoms with Crippen molar-refractivity contribution < 1.29 is 4.74 Å². The van der Waals surface area contributed by atoms with Gasteiger partial charge in [-0.25, -0.2) is 9.97 Å². The van der Waals surface area contributed by atoms with E-state index in [9.17, 15) is 0 Å². The number of thioether (sulfide) groups is 1. The molecule has 0 radical (unpaired) electrons. The molecule has 2 N–H and O–H groups in total. The highest BCUT2D eigenvalue weighted by Crippen LogP contribution is 2.38. The van der Waals surface area contributed by atoms with Crippen LogP contribution in [0.3, 0.4) is 0 Å². The number of aromatic amines is 1. The molecule has 0 aliphatic carbocycles. The van der Waals surface area contributed by atoms with Crippen LogP contribution in [0.2, 0.25) is 0 Å². The van der Waals surface area contributed by atoms with E-state index in [1.165, 1.54) is 16.7 Å². The Bertz CT molecular complexity index is 957. The number of hydrogen-bond donors (Lipinski definition) is 2. The van der Waals surface area contributed by atoms with Crippen molar-refractivity contribution in [1.29, 1.82) is 0 Å². The zero-order chi connectivity index (χ0) is 21.5. The van der Waals surface area contributed by atoms with Gasteiger partial charge in [-0.15, -0.1) is 11.8 Å². The van der Waals surface area contributed by atoms with Crippen molar-refractivity contribution in [2.45, 2.75) is 42.6 Å². The lowest BCUT2D eigenvalue weighted by Crippen LogP contribution is -2.24. The first-order chi connectivity index (χ1) is 14.6. The number of nitrogens with one attached hydrogen (secondary N) is 2. The minimum absolute atomic E-state index is 0.599. The van der Waals surface area contributed by atoms with Gasteiger partial charge in [-0.2, -0.15) is 5.10 Å². The highest BCUT2D eigenvalue weighted by atomic mass is 32.2. The van der Waals surface area contributed by atoms with E-state index in [0.29, 0.717) is 22.5 Å². The molecule has 30 heavy (non-hydrogen) atoms. The van der Waals surface area contributed by atoms with Gasteiger partial charge in [0.2, 0.25) is 5.75 Å². The number of anilines is 3. The number of aryl methyl sites for hydroxylation is 1. The third-order valence-electron chi connectivity index (χ3n) is 4.39. The van der Waals surface area contributed by atoms with Gasteiger partial charge in [0.15, 0.2) is 22.6 Å². The van der Waals surface area contributed by atoms with Gasteiger partial charge in [-0.1, -0.05) is 6.92 Å². The summed E-state index contributed by atoms with van der Waals surface area (Å²) in [6.07, 6.45) is 0. The van der Waals surface area contributed by atoms with E-state index in [2.05, 4.69) is 65.5 Å². The Morgan fingerprint density at radius 1 is 1.07 bits per heavy atom. The molecule has 0 saturated carbocycles. The normalized spacial score (nSPS) is 10.8. The Kier molecular flexibility index (Phi) is 7.87. The fourth-order valence-corrected chi connectivity index (χ4v) is 4.37. The van der Waals surface area contributed by atoms with Gasteiger partial charge in [-0.3, -0.25) is 5.10 Å². The van der Waals surface area contributed by atoms with E-state index in [1.54, 1.807) is 7.11 Å². The van der Waals surface area contributed by atoms with Gasteiger partial charge < -0.3 is 15.0 Å². The van der Waals surface area contributed by atoms with Gasteiger partial charge in [0.05, 0.1) is 7.11 Å². The highest BCUT2D eigenvalue weighted by Gasteiger charge is 2.20. The van der Waals surface area contributed by atoms with Crippen molar-refractivity contribution in [2.24, 2.45) is 0 Å². The van der Waals surface area contributed by atoms with Gasteiger partial charge >= 0.3 is 0 Å². The van der Waals surface area contributed by atoms with Crippen LogP contribution in [0.25, 0.3) is 0 Å². The largest absolute Gasteiger partial charge is 0.490 e. The van der Waals surface area contributed by atoms with E-state index in [-0.39, 0.29) is 0 Å². The molecule has 160 valence electrons. The summed E-state index contributed by atoms with van der Waals surface area (Å²) in [5.41, 5.74) is 0.967. The molecule has 9 heteroatoms. The fraction of sp³-hybridized carbons (Fsp3) is 0.381. The summed E-state index contributed by atoms with van der Waals surface area (Å²) in [6.45, 7) is 9.95. The zero-order valence-electron chi connectivity index (χ0n) is 18.0. The first kappa shape index (κ1) is 22.3. The minimum Gasteiger partial charge on any atom is -0.490 e. The quantitative estimate of drug-likeness (QED) is 0.319. The Balaban J connectivity index is 1.98. The average molecular weight is 445 g/mol. The number of benzene rings is 1. The van der Waals surface area contributed by atoms with E-state index in [1.807, 2.05) is 24.8 Å².